The van der Waals surface area contributed by atoms with E-state index in [-0.39, 0.29) is 11.5 Å². The van der Waals surface area contributed by atoms with Crippen LogP contribution in [0.5, 0.6) is 0 Å². The van der Waals surface area contributed by atoms with Crippen molar-refractivity contribution in [2.75, 3.05) is 5.32 Å². The maximum absolute atomic E-state index is 12.5. The number of thiophene rings is 1. The zero-order valence-corrected chi connectivity index (χ0v) is 13.2. The predicted molar refractivity (Wildman–Crippen MR) is 83.7 cm³/mol. The van der Waals surface area contributed by atoms with Crippen molar-refractivity contribution in [1.82, 2.24) is 0 Å². The first-order chi connectivity index (χ1) is 10.3. The van der Waals surface area contributed by atoms with Crippen molar-refractivity contribution in [3.63, 3.8) is 0 Å². The Balaban J connectivity index is 2.22. The van der Waals surface area contributed by atoms with E-state index in [2.05, 4.69) is 5.32 Å². The van der Waals surface area contributed by atoms with Gasteiger partial charge in [-0.1, -0.05) is 11.1 Å². The average molecular weight is 322 g/mol. The molecule has 7 heteroatoms. The van der Waals surface area contributed by atoms with E-state index < -0.39 is 23.7 Å². The molecule has 22 heavy (non-hydrogen) atoms. The number of anilines is 1. The Labute approximate surface area is 132 Å². The standard InChI is InChI=1S/C15H18N2O4S/c1-7-5-10(11(15(20)21)6-8(7)2)13(19)17-14-9(12(16)18)3-4-22-14/h3-4,10-11H,5-6H2,1-2H3,(H2,16,18)(H,17,19)(H,20,21). The second-order valence-corrected chi connectivity index (χ2v) is 6.45. The summed E-state index contributed by atoms with van der Waals surface area (Å²) in [5, 5.41) is 14.0. The Morgan fingerprint density at radius 2 is 1.82 bits per heavy atom. The molecule has 0 aromatic carbocycles. The molecule has 0 saturated heterocycles. The molecule has 1 aromatic heterocycles. The van der Waals surface area contributed by atoms with E-state index in [9.17, 15) is 19.5 Å². The van der Waals surface area contributed by atoms with E-state index in [1.54, 1.807) is 5.38 Å². The molecule has 0 spiro atoms. The maximum atomic E-state index is 12.5. The third kappa shape index (κ3) is 3.19. The molecule has 0 aliphatic heterocycles. The summed E-state index contributed by atoms with van der Waals surface area (Å²) in [5.41, 5.74) is 7.54. The van der Waals surface area contributed by atoms with Crippen LogP contribution in [0.15, 0.2) is 22.6 Å². The molecule has 2 atom stereocenters. The lowest BCUT2D eigenvalue weighted by atomic mass is 9.76. The van der Waals surface area contributed by atoms with E-state index >= 15 is 0 Å². The minimum absolute atomic E-state index is 0.240. The number of allylic oxidation sites excluding steroid dienone is 2. The first kappa shape index (κ1) is 16.2. The van der Waals surface area contributed by atoms with E-state index in [1.165, 1.54) is 17.4 Å². The Kier molecular flexibility index (Phi) is 4.65. The molecule has 1 aliphatic rings. The molecule has 2 amide bonds. The third-order valence-electron chi connectivity index (χ3n) is 4.09. The van der Waals surface area contributed by atoms with Crippen molar-refractivity contribution in [2.24, 2.45) is 17.6 Å². The molecule has 6 nitrogen and oxygen atoms in total. The van der Waals surface area contributed by atoms with Gasteiger partial charge in [-0.15, -0.1) is 11.3 Å². The van der Waals surface area contributed by atoms with Gasteiger partial charge in [0.05, 0.1) is 17.4 Å². The summed E-state index contributed by atoms with van der Waals surface area (Å²) >= 11 is 1.19. The van der Waals surface area contributed by atoms with Crippen LogP contribution in [-0.4, -0.2) is 22.9 Å². The molecule has 1 aliphatic carbocycles. The van der Waals surface area contributed by atoms with E-state index in [0.29, 0.717) is 17.8 Å². The van der Waals surface area contributed by atoms with Gasteiger partial charge in [0.1, 0.15) is 5.00 Å². The molecule has 118 valence electrons. The Hall–Kier alpha value is -2.15. The van der Waals surface area contributed by atoms with Gasteiger partial charge in [-0.05, 0) is 38.1 Å². The second-order valence-electron chi connectivity index (χ2n) is 5.54. The van der Waals surface area contributed by atoms with Gasteiger partial charge < -0.3 is 16.2 Å². The van der Waals surface area contributed by atoms with Crippen molar-refractivity contribution >= 4 is 34.1 Å². The van der Waals surface area contributed by atoms with E-state index in [4.69, 9.17) is 5.73 Å². The third-order valence-corrected chi connectivity index (χ3v) is 4.92. The lowest BCUT2D eigenvalue weighted by Gasteiger charge is -2.29. The maximum Gasteiger partial charge on any atom is 0.307 e. The molecular weight excluding hydrogens is 304 g/mol. The molecule has 4 N–H and O–H groups in total. The number of carbonyl (C=O) groups is 3. The number of nitrogens with one attached hydrogen (secondary N) is 1. The summed E-state index contributed by atoms with van der Waals surface area (Å²) in [4.78, 5) is 35.2. The van der Waals surface area contributed by atoms with E-state index in [1.807, 2.05) is 13.8 Å². The molecule has 0 bridgehead atoms. The lowest BCUT2D eigenvalue weighted by molar-refractivity contribution is -0.146. The number of hydrogen-bond donors (Lipinski definition) is 3. The second kappa shape index (κ2) is 6.31. The van der Waals surface area contributed by atoms with Crippen LogP contribution in [0, 0.1) is 11.8 Å². The van der Waals surface area contributed by atoms with Crippen LogP contribution >= 0.6 is 11.3 Å². The average Bonchev–Trinajstić information content (AvgIpc) is 2.89. The Morgan fingerprint density at radius 3 is 2.36 bits per heavy atom. The molecule has 2 rings (SSSR count). The number of hydrogen-bond acceptors (Lipinski definition) is 4. The minimum atomic E-state index is -0.978. The van der Waals surface area contributed by atoms with Crippen LogP contribution in [-0.2, 0) is 9.59 Å². The number of primary amides is 1. The number of aliphatic carboxylic acids is 1. The Bertz CT molecular complexity index is 662. The molecule has 0 saturated carbocycles. The highest BCUT2D eigenvalue weighted by atomic mass is 32.1. The normalized spacial score (nSPS) is 21.5. The number of carboxylic acid groups (broad SMARTS) is 1. The first-order valence-electron chi connectivity index (χ1n) is 6.87. The van der Waals surface area contributed by atoms with Gasteiger partial charge in [-0.2, -0.15) is 0 Å². The fraction of sp³-hybridized carbons (Fsp3) is 0.400. The van der Waals surface area contributed by atoms with Gasteiger partial charge in [0.2, 0.25) is 5.91 Å². The quantitative estimate of drug-likeness (QED) is 0.738. The topological polar surface area (TPSA) is 109 Å². The minimum Gasteiger partial charge on any atom is -0.481 e. The summed E-state index contributed by atoms with van der Waals surface area (Å²) in [6.07, 6.45) is 0.776. The molecule has 0 radical (unpaired) electrons. The summed E-state index contributed by atoms with van der Waals surface area (Å²) in [6, 6.07) is 1.54. The predicted octanol–water partition coefficient (Wildman–Crippen LogP) is 2.23. The van der Waals surface area contributed by atoms with Gasteiger partial charge in [-0.25, -0.2) is 0 Å². The fourth-order valence-electron chi connectivity index (χ4n) is 2.63. The van der Waals surface area contributed by atoms with E-state index in [0.717, 1.165) is 11.1 Å². The highest BCUT2D eigenvalue weighted by Crippen LogP contribution is 2.35. The summed E-state index contributed by atoms with van der Waals surface area (Å²) in [6.45, 7) is 3.80. The SMILES string of the molecule is CC1=C(C)CC(C(=O)Nc2sccc2C(N)=O)C(C(=O)O)C1. The molecule has 1 aromatic rings. The largest absolute Gasteiger partial charge is 0.481 e. The number of amides is 2. The summed E-state index contributed by atoms with van der Waals surface area (Å²) in [7, 11) is 0. The van der Waals surface area contributed by atoms with Crippen LogP contribution in [0.25, 0.3) is 0 Å². The van der Waals surface area contributed by atoms with Gasteiger partial charge in [0.15, 0.2) is 0 Å². The van der Waals surface area contributed by atoms with Crippen molar-refractivity contribution in [1.29, 1.82) is 0 Å². The van der Waals surface area contributed by atoms with Gasteiger partial charge in [0, 0.05) is 0 Å². The van der Waals surface area contributed by atoms with Crippen LogP contribution < -0.4 is 11.1 Å². The molecular formula is C15H18N2O4S. The van der Waals surface area contributed by atoms with Crippen LogP contribution in [0.4, 0.5) is 5.00 Å². The summed E-state index contributed by atoms with van der Waals surface area (Å²) < 4.78 is 0. The smallest absolute Gasteiger partial charge is 0.307 e. The van der Waals surface area contributed by atoms with Crippen molar-refractivity contribution in [2.45, 2.75) is 26.7 Å². The van der Waals surface area contributed by atoms with Crippen molar-refractivity contribution in [3.05, 3.63) is 28.2 Å². The molecule has 0 fully saturated rings. The first-order valence-corrected chi connectivity index (χ1v) is 7.75. The van der Waals surface area contributed by atoms with Crippen LogP contribution in [0.1, 0.15) is 37.0 Å². The van der Waals surface area contributed by atoms with Crippen LogP contribution in [0.3, 0.4) is 0 Å². The van der Waals surface area contributed by atoms with Crippen molar-refractivity contribution < 1.29 is 19.5 Å². The number of rotatable bonds is 4. The number of carbonyl (C=O) groups excluding carboxylic acids is 2. The lowest BCUT2D eigenvalue weighted by Crippen LogP contribution is -2.36. The Morgan fingerprint density at radius 1 is 1.23 bits per heavy atom. The molecule has 1 heterocycles. The van der Waals surface area contributed by atoms with Gasteiger partial charge in [-0.3, -0.25) is 14.4 Å². The zero-order chi connectivity index (χ0) is 16.4. The monoisotopic (exact) mass is 322 g/mol. The highest BCUT2D eigenvalue weighted by molar-refractivity contribution is 7.14. The van der Waals surface area contributed by atoms with Gasteiger partial charge >= 0.3 is 5.97 Å². The van der Waals surface area contributed by atoms with Crippen LogP contribution in [0.2, 0.25) is 0 Å². The van der Waals surface area contributed by atoms with Gasteiger partial charge in [0.25, 0.3) is 5.91 Å². The fourth-order valence-corrected chi connectivity index (χ4v) is 3.43. The highest BCUT2D eigenvalue weighted by Gasteiger charge is 2.37. The molecule has 2 unspecified atom stereocenters. The van der Waals surface area contributed by atoms with Crippen molar-refractivity contribution in [3.8, 4) is 0 Å². The zero-order valence-electron chi connectivity index (χ0n) is 12.4. The summed E-state index contributed by atoms with van der Waals surface area (Å²) in [5.74, 6) is -3.39. The number of carboxylic acids is 1. The number of nitrogens with two attached hydrogens (primary N) is 1.